The minimum absolute atomic E-state index is 0.0783. The Labute approximate surface area is 123 Å². The molecule has 8 heteroatoms. The first-order chi connectivity index (χ1) is 9.46. The number of thioether (sulfide) groups is 1. The van der Waals surface area contributed by atoms with Crippen LogP contribution in [-0.2, 0) is 9.59 Å². The molecule has 1 atom stereocenters. The molecule has 0 saturated carbocycles. The van der Waals surface area contributed by atoms with Crippen molar-refractivity contribution in [3.05, 3.63) is 0 Å². The summed E-state index contributed by atoms with van der Waals surface area (Å²) in [7, 11) is 0. The zero-order valence-corrected chi connectivity index (χ0v) is 13.0. The van der Waals surface area contributed by atoms with Crippen LogP contribution in [0, 0.1) is 0 Å². The maximum atomic E-state index is 12.0. The maximum Gasteiger partial charge on any atom is 0.326 e. The fraction of sp³-hybridized carbons (Fsp3) is 0.750. The van der Waals surface area contributed by atoms with Crippen LogP contribution in [0.4, 0.5) is 4.79 Å². The van der Waals surface area contributed by atoms with Crippen molar-refractivity contribution in [2.24, 2.45) is 0 Å². The molecule has 0 aromatic rings. The van der Waals surface area contributed by atoms with Gasteiger partial charge in [-0.1, -0.05) is 0 Å². The first-order valence-corrected chi connectivity index (χ1v) is 7.89. The highest BCUT2D eigenvalue weighted by Crippen LogP contribution is 2.02. The van der Waals surface area contributed by atoms with Gasteiger partial charge in [-0.05, 0) is 32.3 Å². The summed E-state index contributed by atoms with van der Waals surface area (Å²) in [6, 6.07) is -1.47. The van der Waals surface area contributed by atoms with Crippen molar-refractivity contribution < 1.29 is 19.5 Å². The Balaban J connectivity index is 4.50. The molecule has 0 fully saturated rings. The van der Waals surface area contributed by atoms with Crippen molar-refractivity contribution >= 4 is 29.7 Å². The Bertz CT molecular complexity index is 339. The molecule has 0 aromatic heterocycles. The summed E-state index contributed by atoms with van der Waals surface area (Å²) >= 11 is 1.51. The lowest BCUT2D eigenvalue weighted by Crippen LogP contribution is -2.50. The summed E-state index contributed by atoms with van der Waals surface area (Å²) in [5.41, 5.74) is 0. The lowest BCUT2D eigenvalue weighted by molar-refractivity contribution is -0.139. The molecule has 0 radical (unpaired) electrons. The number of nitrogens with one attached hydrogen (secondary N) is 2. The van der Waals surface area contributed by atoms with Gasteiger partial charge in [0.05, 0.1) is 0 Å². The average Bonchev–Trinajstić information content (AvgIpc) is 2.40. The number of carboxylic acids is 1. The molecule has 116 valence electrons. The van der Waals surface area contributed by atoms with E-state index in [2.05, 4.69) is 10.6 Å². The Morgan fingerprint density at radius 2 is 1.95 bits per heavy atom. The molecule has 20 heavy (non-hydrogen) atoms. The summed E-state index contributed by atoms with van der Waals surface area (Å²) in [5.74, 6) is -0.693. The number of likely N-dealkylation sites (N-methyl/N-ethyl adjacent to an activating group) is 2. The lowest BCUT2D eigenvalue weighted by Gasteiger charge is -2.23. The molecule has 0 aromatic carbocycles. The van der Waals surface area contributed by atoms with Crippen LogP contribution < -0.4 is 10.6 Å². The SMILES string of the molecule is CCNC(=O)CN(CC)C(=O)N[C@H](CCSC)C(=O)O. The highest BCUT2D eigenvalue weighted by molar-refractivity contribution is 7.98. The third kappa shape index (κ3) is 7.22. The van der Waals surface area contributed by atoms with E-state index in [9.17, 15) is 14.4 Å². The second-order valence-corrected chi connectivity index (χ2v) is 5.08. The van der Waals surface area contributed by atoms with Crippen LogP contribution in [0.25, 0.3) is 0 Å². The lowest BCUT2D eigenvalue weighted by atomic mass is 10.2. The van der Waals surface area contributed by atoms with E-state index in [1.807, 2.05) is 6.26 Å². The van der Waals surface area contributed by atoms with Crippen LogP contribution in [0.3, 0.4) is 0 Å². The van der Waals surface area contributed by atoms with E-state index in [4.69, 9.17) is 5.11 Å². The number of nitrogens with zero attached hydrogens (tertiary/aromatic N) is 1. The molecule has 0 aliphatic carbocycles. The molecular formula is C12H23N3O4S. The van der Waals surface area contributed by atoms with Gasteiger partial charge in [0, 0.05) is 13.1 Å². The number of amides is 3. The first kappa shape index (κ1) is 18.6. The molecule has 0 heterocycles. The van der Waals surface area contributed by atoms with Gasteiger partial charge in [0.1, 0.15) is 12.6 Å². The van der Waals surface area contributed by atoms with E-state index in [1.54, 1.807) is 13.8 Å². The highest BCUT2D eigenvalue weighted by atomic mass is 32.2. The summed E-state index contributed by atoms with van der Waals surface area (Å²) < 4.78 is 0. The van der Waals surface area contributed by atoms with E-state index in [1.165, 1.54) is 16.7 Å². The van der Waals surface area contributed by atoms with E-state index in [-0.39, 0.29) is 12.5 Å². The van der Waals surface area contributed by atoms with Gasteiger partial charge in [-0.25, -0.2) is 9.59 Å². The first-order valence-electron chi connectivity index (χ1n) is 6.50. The smallest absolute Gasteiger partial charge is 0.326 e. The molecule has 0 aliphatic heterocycles. The largest absolute Gasteiger partial charge is 0.480 e. The number of hydrogen-bond donors (Lipinski definition) is 3. The quantitative estimate of drug-likeness (QED) is 0.571. The summed E-state index contributed by atoms with van der Waals surface area (Å²) in [5, 5.41) is 14.1. The topological polar surface area (TPSA) is 98.7 Å². The van der Waals surface area contributed by atoms with Gasteiger partial charge in [0.2, 0.25) is 5.91 Å². The van der Waals surface area contributed by atoms with Gasteiger partial charge < -0.3 is 20.6 Å². The van der Waals surface area contributed by atoms with Gasteiger partial charge in [-0.2, -0.15) is 11.8 Å². The van der Waals surface area contributed by atoms with Crippen LogP contribution >= 0.6 is 11.8 Å². The predicted octanol–water partition coefficient (Wildman–Crippen LogP) is 0.360. The maximum absolute atomic E-state index is 12.0. The zero-order chi connectivity index (χ0) is 15.5. The van der Waals surface area contributed by atoms with Gasteiger partial charge in [0.15, 0.2) is 0 Å². The standard InChI is InChI=1S/C12H23N3O4S/c1-4-13-10(16)8-15(5-2)12(19)14-9(11(17)18)6-7-20-3/h9H,4-8H2,1-3H3,(H,13,16)(H,14,19)(H,17,18)/t9-/m1/s1. The third-order valence-electron chi connectivity index (χ3n) is 2.58. The molecule has 0 unspecified atom stereocenters. The number of carboxylic acid groups (broad SMARTS) is 1. The van der Waals surface area contributed by atoms with Crippen molar-refractivity contribution in [3.63, 3.8) is 0 Å². The second-order valence-electron chi connectivity index (χ2n) is 4.09. The number of hydrogen-bond acceptors (Lipinski definition) is 4. The van der Waals surface area contributed by atoms with Crippen molar-refractivity contribution in [3.8, 4) is 0 Å². The van der Waals surface area contributed by atoms with Crippen molar-refractivity contribution in [2.45, 2.75) is 26.3 Å². The predicted molar refractivity (Wildman–Crippen MR) is 78.9 cm³/mol. The van der Waals surface area contributed by atoms with Gasteiger partial charge in [0.25, 0.3) is 0 Å². The Morgan fingerprint density at radius 3 is 2.40 bits per heavy atom. The normalized spacial score (nSPS) is 11.6. The van der Waals surface area contributed by atoms with Gasteiger partial charge >= 0.3 is 12.0 Å². The zero-order valence-electron chi connectivity index (χ0n) is 12.1. The molecule has 0 rings (SSSR count). The number of aliphatic carboxylic acids is 1. The Morgan fingerprint density at radius 1 is 1.30 bits per heavy atom. The van der Waals surface area contributed by atoms with Crippen LogP contribution in [0.15, 0.2) is 0 Å². The Hall–Kier alpha value is -1.44. The molecule has 7 nitrogen and oxygen atoms in total. The number of urea groups is 1. The molecule has 3 N–H and O–H groups in total. The van der Waals surface area contributed by atoms with Crippen LogP contribution in [0.5, 0.6) is 0 Å². The van der Waals surface area contributed by atoms with Crippen molar-refractivity contribution in [1.29, 1.82) is 0 Å². The summed E-state index contributed by atoms with van der Waals surface area (Å²) in [6.07, 6.45) is 2.22. The molecule has 0 spiro atoms. The number of carbonyl (C=O) groups excluding carboxylic acids is 2. The van der Waals surface area contributed by atoms with E-state index in [0.717, 1.165) is 0 Å². The van der Waals surface area contributed by atoms with E-state index >= 15 is 0 Å². The van der Waals surface area contributed by atoms with Gasteiger partial charge in [-0.3, -0.25) is 4.79 Å². The average molecular weight is 305 g/mol. The molecule has 3 amide bonds. The fourth-order valence-electron chi connectivity index (χ4n) is 1.49. The highest BCUT2D eigenvalue weighted by Gasteiger charge is 2.23. The van der Waals surface area contributed by atoms with Crippen molar-refractivity contribution in [2.75, 3.05) is 31.6 Å². The molecular weight excluding hydrogens is 282 g/mol. The van der Waals surface area contributed by atoms with Crippen LogP contribution in [0.1, 0.15) is 20.3 Å². The minimum Gasteiger partial charge on any atom is -0.480 e. The molecule has 0 bridgehead atoms. The fourth-order valence-corrected chi connectivity index (χ4v) is 1.96. The molecule has 0 saturated heterocycles. The van der Waals surface area contributed by atoms with E-state index in [0.29, 0.717) is 25.3 Å². The summed E-state index contributed by atoms with van der Waals surface area (Å²) in [4.78, 5) is 35.7. The minimum atomic E-state index is -1.07. The van der Waals surface area contributed by atoms with Gasteiger partial charge in [-0.15, -0.1) is 0 Å². The second kappa shape index (κ2) is 10.4. The monoisotopic (exact) mass is 305 g/mol. The van der Waals surface area contributed by atoms with Crippen molar-refractivity contribution in [1.82, 2.24) is 15.5 Å². The van der Waals surface area contributed by atoms with Crippen LogP contribution in [-0.4, -0.2) is 65.6 Å². The molecule has 0 aliphatic rings. The third-order valence-corrected chi connectivity index (χ3v) is 3.23. The number of carbonyl (C=O) groups is 3. The Kier molecular flexibility index (Phi) is 9.61. The van der Waals surface area contributed by atoms with E-state index < -0.39 is 18.0 Å². The number of rotatable bonds is 9. The van der Waals surface area contributed by atoms with Crippen LogP contribution in [0.2, 0.25) is 0 Å². The summed E-state index contributed by atoms with van der Waals surface area (Å²) in [6.45, 7) is 4.26.